The summed E-state index contributed by atoms with van der Waals surface area (Å²) < 4.78 is 6.52. The van der Waals surface area contributed by atoms with E-state index in [9.17, 15) is 0 Å². The van der Waals surface area contributed by atoms with E-state index in [4.69, 9.17) is 10.00 Å². The first-order valence-corrected chi connectivity index (χ1v) is 7.14. The number of aryl methyl sites for hydroxylation is 1. The van der Waals surface area contributed by atoms with Crippen molar-refractivity contribution in [3.63, 3.8) is 0 Å². The number of thioether (sulfide) groups is 1. The van der Waals surface area contributed by atoms with E-state index in [1.54, 1.807) is 35.2 Å². The Bertz CT molecular complexity index is 562. The summed E-state index contributed by atoms with van der Waals surface area (Å²) in [5.41, 5.74) is 0.564. The van der Waals surface area contributed by atoms with Crippen molar-refractivity contribution in [3.05, 3.63) is 34.8 Å². The van der Waals surface area contributed by atoms with Gasteiger partial charge in [-0.2, -0.15) is 5.26 Å². The topological polar surface area (TPSA) is 58.8 Å². The molecule has 0 bridgehead atoms. The van der Waals surface area contributed by atoms with E-state index in [-0.39, 0.29) is 0 Å². The molecule has 0 spiro atoms. The van der Waals surface area contributed by atoms with Gasteiger partial charge in [-0.3, -0.25) is 0 Å². The minimum atomic E-state index is 0.544. The van der Waals surface area contributed by atoms with Gasteiger partial charge in [-0.05, 0) is 19.1 Å². The van der Waals surface area contributed by atoms with Crippen molar-refractivity contribution < 1.29 is 4.74 Å². The summed E-state index contributed by atoms with van der Waals surface area (Å²) in [5, 5.41) is 17.8. The van der Waals surface area contributed by atoms with E-state index in [2.05, 4.69) is 16.3 Å². The number of ether oxygens (including phenoxy) is 1. The Kier molecular flexibility index (Phi) is 4.56. The second-order valence-corrected chi connectivity index (χ2v) is 5.92. The van der Waals surface area contributed by atoms with Crippen LogP contribution in [0.1, 0.15) is 10.6 Å². The molecule has 0 saturated carbocycles. The van der Waals surface area contributed by atoms with Gasteiger partial charge in [0.1, 0.15) is 16.8 Å². The van der Waals surface area contributed by atoms with Gasteiger partial charge in [-0.25, -0.2) is 0 Å². The van der Waals surface area contributed by atoms with Crippen molar-refractivity contribution in [2.24, 2.45) is 0 Å². The van der Waals surface area contributed by atoms with Gasteiger partial charge in [-0.15, -0.1) is 10.2 Å². The number of nitrogens with zero attached hydrogens (tertiary/aromatic N) is 3. The maximum Gasteiger partial charge on any atom is 0.174 e. The Labute approximate surface area is 114 Å². The summed E-state index contributed by atoms with van der Waals surface area (Å²) in [6, 6.07) is 9.34. The second-order valence-electron chi connectivity index (χ2n) is 3.39. The first kappa shape index (κ1) is 12.9. The number of benzene rings is 1. The average molecular weight is 277 g/mol. The Morgan fingerprint density at radius 3 is 2.94 bits per heavy atom. The van der Waals surface area contributed by atoms with Crippen molar-refractivity contribution in [2.45, 2.75) is 11.3 Å². The van der Waals surface area contributed by atoms with Crippen LogP contribution in [-0.2, 0) is 0 Å². The fraction of sp³-hybridized carbons (Fsp3) is 0.250. The molecule has 1 aromatic heterocycles. The highest BCUT2D eigenvalue weighted by Crippen LogP contribution is 2.22. The summed E-state index contributed by atoms with van der Waals surface area (Å²) in [4.78, 5) is 0. The number of nitriles is 1. The third-order valence-electron chi connectivity index (χ3n) is 2.08. The lowest BCUT2D eigenvalue weighted by molar-refractivity contribution is 0.343. The fourth-order valence-electron chi connectivity index (χ4n) is 1.30. The van der Waals surface area contributed by atoms with Gasteiger partial charge in [0.2, 0.25) is 0 Å². The van der Waals surface area contributed by atoms with Gasteiger partial charge in [0, 0.05) is 5.75 Å². The molecular weight excluding hydrogens is 266 g/mol. The summed E-state index contributed by atoms with van der Waals surface area (Å²) in [7, 11) is 0. The summed E-state index contributed by atoms with van der Waals surface area (Å²) in [5.74, 6) is 1.42. The van der Waals surface area contributed by atoms with Crippen LogP contribution in [0.15, 0.2) is 28.6 Å². The zero-order chi connectivity index (χ0) is 12.8. The minimum Gasteiger partial charge on any atom is -0.491 e. The molecule has 1 heterocycles. The van der Waals surface area contributed by atoms with Crippen LogP contribution >= 0.6 is 23.1 Å². The van der Waals surface area contributed by atoms with Crippen LogP contribution in [0.5, 0.6) is 5.75 Å². The maximum absolute atomic E-state index is 8.90. The van der Waals surface area contributed by atoms with Crippen LogP contribution in [0.3, 0.4) is 0 Å². The van der Waals surface area contributed by atoms with Gasteiger partial charge in [0.25, 0.3) is 0 Å². The zero-order valence-corrected chi connectivity index (χ0v) is 11.4. The molecule has 0 radical (unpaired) electrons. The number of rotatable bonds is 5. The van der Waals surface area contributed by atoms with Gasteiger partial charge < -0.3 is 4.74 Å². The maximum atomic E-state index is 8.90. The molecule has 0 amide bonds. The molecule has 2 aromatic rings. The number of aromatic nitrogens is 2. The Morgan fingerprint density at radius 1 is 1.39 bits per heavy atom. The summed E-state index contributed by atoms with van der Waals surface area (Å²) in [6.07, 6.45) is 0. The van der Waals surface area contributed by atoms with E-state index in [0.717, 1.165) is 15.1 Å². The van der Waals surface area contributed by atoms with E-state index < -0.39 is 0 Å². The molecule has 0 unspecified atom stereocenters. The first-order chi connectivity index (χ1) is 8.79. The highest BCUT2D eigenvalue weighted by Gasteiger charge is 2.03. The third-order valence-corrected chi connectivity index (χ3v) is 4.02. The SMILES string of the molecule is Cc1nnc(SCCOc2ccccc2C#N)s1. The Hall–Kier alpha value is -1.58. The predicted octanol–water partition coefficient (Wildman–Crippen LogP) is 2.89. The highest BCUT2D eigenvalue weighted by molar-refractivity contribution is 8.01. The normalized spacial score (nSPS) is 10.0. The molecule has 2 rings (SSSR count). The monoisotopic (exact) mass is 277 g/mol. The molecule has 0 aliphatic rings. The predicted molar refractivity (Wildman–Crippen MR) is 72.0 cm³/mol. The molecular formula is C12H11N3OS2. The lowest BCUT2D eigenvalue weighted by Crippen LogP contribution is -2.01. The quantitative estimate of drug-likeness (QED) is 0.621. The molecule has 0 aliphatic carbocycles. The average Bonchev–Trinajstić information content (AvgIpc) is 2.81. The number of hydrogen-bond acceptors (Lipinski definition) is 6. The molecule has 1 aromatic carbocycles. The van der Waals surface area contributed by atoms with Crippen molar-refractivity contribution in [3.8, 4) is 11.8 Å². The van der Waals surface area contributed by atoms with Crippen molar-refractivity contribution in [2.75, 3.05) is 12.4 Å². The molecule has 0 atom stereocenters. The van der Waals surface area contributed by atoms with Crippen LogP contribution < -0.4 is 4.74 Å². The van der Waals surface area contributed by atoms with Crippen molar-refractivity contribution >= 4 is 23.1 Å². The highest BCUT2D eigenvalue weighted by atomic mass is 32.2. The molecule has 0 N–H and O–H groups in total. The smallest absolute Gasteiger partial charge is 0.174 e. The summed E-state index contributed by atoms with van der Waals surface area (Å²) >= 11 is 3.19. The van der Waals surface area contributed by atoms with E-state index in [0.29, 0.717) is 17.9 Å². The number of para-hydroxylation sites is 1. The molecule has 0 saturated heterocycles. The van der Waals surface area contributed by atoms with Crippen LogP contribution in [0.25, 0.3) is 0 Å². The standard InChI is InChI=1S/C12H11N3OS2/c1-9-14-15-12(18-9)17-7-6-16-11-5-3-2-4-10(11)8-13/h2-5H,6-7H2,1H3. The van der Waals surface area contributed by atoms with Crippen LogP contribution in [0.4, 0.5) is 0 Å². The van der Waals surface area contributed by atoms with Gasteiger partial charge >= 0.3 is 0 Å². The molecule has 4 nitrogen and oxygen atoms in total. The van der Waals surface area contributed by atoms with E-state index in [1.807, 2.05) is 19.1 Å². The van der Waals surface area contributed by atoms with E-state index >= 15 is 0 Å². The largest absolute Gasteiger partial charge is 0.491 e. The lowest BCUT2D eigenvalue weighted by Gasteiger charge is -2.06. The van der Waals surface area contributed by atoms with Gasteiger partial charge in [-0.1, -0.05) is 35.2 Å². The minimum absolute atomic E-state index is 0.544. The van der Waals surface area contributed by atoms with Gasteiger partial charge in [0.05, 0.1) is 12.2 Å². The molecule has 18 heavy (non-hydrogen) atoms. The molecule has 0 fully saturated rings. The third kappa shape index (κ3) is 3.45. The van der Waals surface area contributed by atoms with Crippen LogP contribution in [-0.4, -0.2) is 22.6 Å². The second kappa shape index (κ2) is 6.38. The van der Waals surface area contributed by atoms with Crippen LogP contribution in [0.2, 0.25) is 0 Å². The lowest BCUT2D eigenvalue weighted by atomic mass is 10.2. The van der Waals surface area contributed by atoms with Crippen molar-refractivity contribution in [1.29, 1.82) is 5.26 Å². The fourth-order valence-corrected chi connectivity index (χ4v) is 3.01. The van der Waals surface area contributed by atoms with Crippen LogP contribution in [0, 0.1) is 18.3 Å². The van der Waals surface area contributed by atoms with E-state index in [1.165, 1.54) is 0 Å². The number of hydrogen-bond donors (Lipinski definition) is 0. The molecule has 0 aliphatic heterocycles. The summed E-state index contributed by atoms with van der Waals surface area (Å²) in [6.45, 7) is 2.48. The Morgan fingerprint density at radius 2 is 2.22 bits per heavy atom. The zero-order valence-electron chi connectivity index (χ0n) is 9.79. The Balaban J connectivity index is 1.80. The van der Waals surface area contributed by atoms with Gasteiger partial charge in [0.15, 0.2) is 4.34 Å². The van der Waals surface area contributed by atoms with Crippen molar-refractivity contribution in [1.82, 2.24) is 10.2 Å². The molecule has 92 valence electrons. The molecule has 6 heteroatoms. The first-order valence-electron chi connectivity index (χ1n) is 5.34.